The van der Waals surface area contributed by atoms with Crippen molar-refractivity contribution in [1.29, 1.82) is 0 Å². The van der Waals surface area contributed by atoms with Gasteiger partial charge in [-0.15, -0.1) is 0 Å². The van der Waals surface area contributed by atoms with Crippen LogP contribution in [0.1, 0.15) is 48.9 Å². The van der Waals surface area contributed by atoms with E-state index in [0.29, 0.717) is 18.7 Å². The van der Waals surface area contributed by atoms with Gasteiger partial charge in [-0.1, -0.05) is 92.6 Å². The molecule has 0 aliphatic heterocycles. The number of aryl methyl sites for hydroxylation is 2. The monoisotopic (exact) mass is 563 g/mol. The van der Waals surface area contributed by atoms with Gasteiger partial charge < -0.3 is 10.2 Å². The number of carbonyl (C=O) groups is 2. The minimum absolute atomic E-state index is 0.172. The first-order valence-electron chi connectivity index (χ1n) is 13.9. The van der Waals surface area contributed by atoms with Crippen LogP contribution >= 0.6 is 0 Å². The first kappa shape index (κ1) is 30.9. The van der Waals surface area contributed by atoms with Crippen molar-refractivity contribution in [3.8, 4) is 0 Å². The highest BCUT2D eigenvalue weighted by Gasteiger charge is 2.33. The van der Waals surface area contributed by atoms with Gasteiger partial charge in [0, 0.05) is 19.5 Å². The van der Waals surface area contributed by atoms with E-state index in [0.717, 1.165) is 52.1 Å². The van der Waals surface area contributed by atoms with Gasteiger partial charge in [0.15, 0.2) is 0 Å². The largest absolute Gasteiger partial charge is 0.354 e. The molecule has 0 bridgehead atoms. The van der Waals surface area contributed by atoms with Gasteiger partial charge in [-0.2, -0.15) is 0 Å². The van der Waals surface area contributed by atoms with Crippen LogP contribution in [0.3, 0.4) is 0 Å². The maximum absolute atomic E-state index is 14.1. The number of sulfonamides is 1. The van der Waals surface area contributed by atoms with Gasteiger partial charge in [0.2, 0.25) is 21.8 Å². The third-order valence-electron chi connectivity index (χ3n) is 6.85. The predicted octanol–water partition coefficient (Wildman–Crippen LogP) is 4.88. The Morgan fingerprint density at radius 2 is 1.55 bits per heavy atom. The molecule has 3 aromatic carbocycles. The van der Waals surface area contributed by atoms with E-state index in [-0.39, 0.29) is 12.5 Å². The van der Waals surface area contributed by atoms with Crippen LogP contribution in [-0.2, 0) is 39.0 Å². The lowest BCUT2D eigenvalue weighted by Gasteiger charge is -2.33. The fourth-order valence-electron chi connectivity index (χ4n) is 4.58. The molecule has 214 valence electrons. The van der Waals surface area contributed by atoms with Gasteiger partial charge in [-0.3, -0.25) is 13.9 Å². The van der Waals surface area contributed by atoms with E-state index in [1.807, 2.05) is 87.5 Å². The van der Waals surface area contributed by atoms with E-state index >= 15 is 0 Å². The predicted molar refractivity (Wildman–Crippen MR) is 162 cm³/mol. The maximum Gasteiger partial charge on any atom is 0.244 e. The van der Waals surface area contributed by atoms with Gasteiger partial charge in [0.1, 0.15) is 12.6 Å². The molecule has 0 saturated heterocycles. The van der Waals surface area contributed by atoms with Crippen molar-refractivity contribution in [3.05, 3.63) is 101 Å². The average Bonchev–Trinajstić information content (AvgIpc) is 2.93. The molecule has 2 amide bonds. The Morgan fingerprint density at radius 3 is 2.15 bits per heavy atom. The highest BCUT2D eigenvalue weighted by Crippen LogP contribution is 2.21. The molecule has 0 radical (unpaired) electrons. The normalized spacial score (nSPS) is 12.0. The van der Waals surface area contributed by atoms with Crippen molar-refractivity contribution in [3.63, 3.8) is 0 Å². The molecule has 0 heterocycles. The SMILES string of the molecule is CCCCNC(=O)[C@H](Cc1ccccc1)N(Cc1cccc(C)c1)C(=O)CN(c1ccc(CC)cc1)S(C)(=O)=O. The van der Waals surface area contributed by atoms with Crippen LogP contribution in [0.25, 0.3) is 0 Å². The molecular formula is C32H41N3O4S. The first-order chi connectivity index (χ1) is 19.1. The molecule has 0 aromatic heterocycles. The fraction of sp³-hybridized carbons (Fsp3) is 0.375. The molecule has 0 saturated carbocycles. The number of nitrogens with zero attached hydrogens (tertiary/aromatic N) is 2. The molecule has 3 rings (SSSR count). The number of amides is 2. The number of benzene rings is 3. The Hall–Kier alpha value is -3.65. The van der Waals surface area contributed by atoms with Crippen molar-refractivity contribution in [2.75, 3.05) is 23.7 Å². The summed E-state index contributed by atoms with van der Waals surface area (Å²) in [5, 5.41) is 3.00. The molecule has 3 aromatic rings. The summed E-state index contributed by atoms with van der Waals surface area (Å²) in [4.78, 5) is 29.2. The smallest absolute Gasteiger partial charge is 0.244 e. The summed E-state index contributed by atoms with van der Waals surface area (Å²) in [6.45, 7) is 6.31. The number of carbonyl (C=O) groups excluding carboxylic acids is 2. The zero-order valence-electron chi connectivity index (χ0n) is 24.0. The number of hydrogen-bond acceptors (Lipinski definition) is 4. The highest BCUT2D eigenvalue weighted by molar-refractivity contribution is 7.92. The Kier molecular flexibility index (Phi) is 11.3. The summed E-state index contributed by atoms with van der Waals surface area (Å²) in [5.41, 5.74) is 4.29. The highest BCUT2D eigenvalue weighted by atomic mass is 32.2. The van der Waals surface area contributed by atoms with E-state index in [9.17, 15) is 18.0 Å². The van der Waals surface area contributed by atoms with Crippen molar-refractivity contribution < 1.29 is 18.0 Å². The number of rotatable bonds is 14. The Balaban J connectivity index is 2.02. The maximum atomic E-state index is 14.1. The molecule has 0 aliphatic carbocycles. The van der Waals surface area contributed by atoms with Crippen LogP contribution in [0.5, 0.6) is 0 Å². The quantitative estimate of drug-likeness (QED) is 0.283. The molecular weight excluding hydrogens is 522 g/mol. The Morgan fingerprint density at radius 1 is 0.875 bits per heavy atom. The van der Waals surface area contributed by atoms with Crippen LogP contribution in [0, 0.1) is 6.92 Å². The van der Waals surface area contributed by atoms with Crippen LogP contribution in [0.15, 0.2) is 78.9 Å². The Bertz CT molecular complexity index is 1360. The second-order valence-electron chi connectivity index (χ2n) is 10.2. The van der Waals surface area contributed by atoms with Gasteiger partial charge >= 0.3 is 0 Å². The standard InChI is InChI=1S/C32H41N3O4S/c1-5-7-20-33-32(37)30(22-27-13-9-8-10-14-27)34(23-28-15-11-12-25(3)21-28)31(36)24-35(40(4,38)39)29-18-16-26(6-2)17-19-29/h8-19,21,30H,5-7,20,22-24H2,1-4H3,(H,33,37)/t30-/m0/s1. The lowest BCUT2D eigenvalue weighted by Crippen LogP contribution is -2.53. The van der Waals surface area contributed by atoms with Crippen LogP contribution in [-0.4, -0.2) is 50.5 Å². The van der Waals surface area contributed by atoms with E-state index < -0.39 is 28.5 Å². The summed E-state index contributed by atoms with van der Waals surface area (Å²) in [6.07, 6.45) is 3.97. The molecule has 0 spiro atoms. The van der Waals surface area contributed by atoms with Gasteiger partial charge in [-0.05, 0) is 48.6 Å². The molecule has 1 atom stereocenters. The van der Waals surface area contributed by atoms with E-state index in [1.165, 1.54) is 4.90 Å². The number of anilines is 1. The molecule has 1 N–H and O–H groups in total. The second kappa shape index (κ2) is 14.7. The molecule has 7 nitrogen and oxygen atoms in total. The van der Waals surface area contributed by atoms with Gasteiger partial charge in [0.25, 0.3) is 0 Å². The molecule has 0 fully saturated rings. The summed E-state index contributed by atoms with van der Waals surface area (Å²) < 4.78 is 26.9. The zero-order valence-corrected chi connectivity index (χ0v) is 24.8. The van der Waals surface area contributed by atoms with Crippen LogP contribution in [0.2, 0.25) is 0 Å². The average molecular weight is 564 g/mol. The minimum atomic E-state index is -3.78. The topological polar surface area (TPSA) is 86.8 Å². The Labute approximate surface area is 239 Å². The zero-order chi connectivity index (χ0) is 29.1. The number of hydrogen-bond donors (Lipinski definition) is 1. The van der Waals surface area contributed by atoms with Crippen molar-refractivity contribution in [2.24, 2.45) is 0 Å². The fourth-order valence-corrected chi connectivity index (χ4v) is 5.43. The third kappa shape index (κ3) is 8.95. The summed E-state index contributed by atoms with van der Waals surface area (Å²) in [7, 11) is -3.78. The number of unbranched alkanes of at least 4 members (excludes halogenated alkanes) is 1. The molecule has 0 unspecified atom stereocenters. The second-order valence-corrected chi connectivity index (χ2v) is 12.1. The first-order valence-corrected chi connectivity index (χ1v) is 15.7. The lowest BCUT2D eigenvalue weighted by atomic mass is 10.0. The minimum Gasteiger partial charge on any atom is -0.354 e. The van der Waals surface area contributed by atoms with Crippen molar-refractivity contribution in [2.45, 2.75) is 59.0 Å². The van der Waals surface area contributed by atoms with E-state index in [1.54, 1.807) is 12.1 Å². The molecule has 0 aliphatic rings. The lowest BCUT2D eigenvalue weighted by molar-refractivity contribution is -0.140. The van der Waals surface area contributed by atoms with E-state index in [4.69, 9.17) is 0 Å². The number of nitrogens with one attached hydrogen (secondary N) is 1. The molecule has 8 heteroatoms. The molecule has 40 heavy (non-hydrogen) atoms. The van der Waals surface area contributed by atoms with Gasteiger partial charge in [0.05, 0.1) is 11.9 Å². The van der Waals surface area contributed by atoms with Crippen LogP contribution < -0.4 is 9.62 Å². The summed E-state index contributed by atoms with van der Waals surface area (Å²) in [6, 6.07) is 23.7. The summed E-state index contributed by atoms with van der Waals surface area (Å²) in [5.74, 6) is -0.699. The third-order valence-corrected chi connectivity index (χ3v) is 7.99. The van der Waals surface area contributed by atoms with E-state index in [2.05, 4.69) is 5.32 Å². The van der Waals surface area contributed by atoms with Crippen LogP contribution in [0.4, 0.5) is 5.69 Å². The van der Waals surface area contributed by atoms with Gasteiger partial charge in [-0.25, -0.2) is 8.42 Å². The van der Waals surface area contributed by atoms with Crippen molar-refractivity contribution >= 4 is 27.5 Å². The summed E-state index contributed by atoms with van der Waals surface area (Å²) >= 11 is 0. The van der Waals surface area contributed by atoms with Crippen molar-refractivity contribution in [1.82, 2.24) is 10.2 Å².